The molecule has 0 spiro atoms. The number of rotatable bonds is 1. The summed E-state index contributed by atoms with van der Waals surface area (Å²) in [6.45, 7) is 0. The minimum absolute atomic E-state index is 0.216. The van der Waals surface area contributed by atoms with E-state index in [1.54, 1.807) is 0 Å². The second-order valence-electron chi connectivity index (χ2n) is 2.69. The zero-order valence-corrected chi connectivity index (χ0v) is 6.66. The molecule has 1 nitrogen and oxygen atoms in total. The van der Waals surface area contributed by atoms with Gasteiger partial charge >= 0.3 is 0 Å². The van der Waals surface area contributed by atoms with Crippen LogP contribution in [0.25, 0.3) is 0 Å². The van der Waals surface area contributed by atoms with Gasteiger partial charge in [-0.2, -0.15) is 12.6 Å². The van der Waals surface area contributed by atoms with E-state index in [2.05, 4.69) is 18.5 Å². The summed E-state index contributed by atoms with van der Waals surface area (Å²) in [6.07, 6.45) is 8.04. The zero-order valence-electron chi connectivity index (χ0n) is 5.76. The fraction of sp³-hybridized carbons (Fsp3) is 0.625. The molecule has 2 heteroatoms. The fourth-order valence-electron chi connectivity index (χ4n) is 1.27. The highest BCUT2D eigenvalue weighted by molar-refractivity contribution is 7.82. The third-order valence-electron chi connectivity index (χ3n) is 1.91. The Morgan fingerprint density at radius 2 is 2.50 bits per heavy atom. The maximum Gasteiger partial charge on any atom is 0.149 e. The topological polar surface area (TPSA) is 17.1 Å². The van der Waals surface area contributed by atoms with Crippen molar-refractivity contribution in [2.75, 3.05) is 0 Å². The van der Waals surface area contributed by atoms with E-state index in [9.17, 15) is 4.79 Å². The van der Waals surface area contributed by atoms with Gasteiger partial charge in [0.2, 0.25) is 0 Å². The fourth-order valence-corrected chi connectivity index (χ4v) is 1.63. The van der Waals surface area contributed by atoms with Crippen LogP contribution in [-0.4, -0.2) is 10.5 Å². The number of carbonyl (C=O) groups excluding carboxylic acids is 1. The molecule has 0 aliphatic heterocycles. The summed E-state index contributed by atoms with van der Waals surface area (Å²) in [5, 5.41) is 0. The summed E-state index contributed by atoms with van der Waals surface area (Å²) in [5.74, 6) is 2.70. The Kier molecular flexibility index (Phi) is 2.05. The average Bonchev–Trinajstić information content (AvgIpc) is 2.15. The summed E-state index contributed by atoms with van der Waals surface area (Å²) in [7, 11) is 0. The van der Waals surface area contributed by atoms with Crippen molar-refractivity contribution < 1.29 is 4.79 Å². The van der Waals surface area contributed by atoms with Crippen LogP contribution in [0.4, 0.5) is 0 Å². The first kappa shape index (κ1) is 7.68. The van der Waals surface area contributed by atoms with Gasteiger partial charge < -0.3 is 0 Å². The summed E-state index contributed by atoms with van der Waals surface area (Å²) in [5.41, 5.74) is 0. The Bertz CT molecular complexity index is 192. The van der Waals surface area contributed by atoms with Crippen LogP contribution in [0.15, 0.2) is 0 Å². The number of ketones is 1. The molecule has 10 heavy (non-hydrogen) atoms. The molecule has 54 valence electrons. The monoisotopic (exact) mass is 154 g/mol. The number of Topliss-reactive ketones (excluding diaryl/α,β-unsaturated/α-hetero) is 1. The first-order valence-electron chi connectivity index (χ1n) is 3.38. The van der Waals surface area contributed by atoms with E-state index in [1.165, 1.54) is 0 Å². The van der Waals surface area contributed by atoms with E-state index in [0.717, 1.165) is 12.8 Å². The van der Waals surface area contributed by atoms with E-state index in [-0.39, 0.29) is 5.78 Å². The van der Waals surface area contributed by atoms with Gasteiger partial charge in [-0.3, -0.25) is 4.79 Å². The molecule has 0 bridgehead atoms. The van der Waals surface area contributed by atoms with Gasteiger partial charge in [0.25, 0.3) is 0 Å². The molecular formula is C8H10OS. The molecule has 0 aromatic heterocycles. The molecule has 0 heterocycles. The van der Waals surface area contributed by atoms with Gasteiger partial charge in [0.15, 0.2) is 0 Å². The quantitative estimate of drug-likeness (QED) is 0.446. The number of hydrogen-bond donors (Lipinski definition) is 1. The maximum absolute atomic E-state index is 11.1. The molecule has 1 saturated carbocycles. The predicted molar refractivity (Wildman–Crippen MR) is 44.0 cm³/mol. The Morgan fingerprint density at radius 3 is 2.90 bits per heavy atom. The maximum atomic E-state index is 11.1. The SMILES string of the molecule is C#CCC1(S)CCCC1=O. The Hall–Kier alpha value is -0.420. The second-order valence-corrected chi connectivity index (χ2v) is 3.55. The first-order chi connectivity index (χ1) is 4.69. The molecule has 1 unspecified atom stereocenters. The second kappa shape index (κ2) is 2.67. The van der Waals surface area contributed by atoms with Gasteiger partial charge in [0.05, 0.1) is 4.75 Å². The van der Waals surface area contributed by atoms with Crippen LogP contribution in [0.1, 0.15) is 25.7 Å². The van der Waals surface area contributed by atoms with E-state index >= 15 is 0 Å². The highest BCUT2D eigenvalue weighted by Gasteiger charge is 2.37. The van der Waals surface area contributed by atoms with Crippen molar-refractivity contribution in [1.29, 1.82) is 0 Å². The molecule has 1 aliphatic rings. The van der Waals surface area contributed by atoms with Crippen molar-refractivity contribution in [3.63, 3.8) is 0 Å². The summed E-state index contributed by atoms with van der Waals surface area (Å²) in [4.78, 5) is 11.1. The molecule has 0 radical (unpaired) electrons. The lowest BCUT2D eigenvalue weighted by Gasteiger charge is -2.16. The van der Waals surface area contributed by atoms with Gasteiger partial charge in [0, 0.05) is 12.8 Å². The number of thiol groups is 1. The molecule has 0 N–H and O–H groups in total. The molecular weight excluding hydrogens is 144 g/mol. The van der Waals surface area contributed by atoms with E-state index < -0.39 is 4.75 Å². The molecule has 1 fully saturated rings. The van der Waals surface area contributed by atoms with Crippen molar-refractivity contribution in [1.82, 2.24) is 0 Å². The minimum Gasteiger partial charge on any atom is -0.298 e. The zero-order chi connectivity index (χ0) is 7.61. The van der Waals surface area contributed by atoms with Gasteiger partial charge in [-0.1, -0.05) is 0 Å². The number of hydrogen-bond acceptors (Lipinski definition) is 2. The molecule has 0 aromatic carbocycles. The van der Waals surface area contributed by atoms with Gasteiger partial charge in [-0.15, -0.1) is 12.3 Å². The van der Waals surface area contributed by atoms with Crippen molar-refractivity contribution in [3.05, 3.63) is 0 Å². The molecule has 1 rings (SSSR count). The molecule has 1 aliphatic carbocycles. The Balaban J connectivity index is 2.68. The lowest BCUT2D eigenvalue weighted by atomic mass is 10.0. The summed E-state index contributed by atoms with van der Waals surface area (Å²) < 4.78 is -0.477. The van der Waals surface area contributed by atoms with Crippen LogP contribution >= 0.6 is 12.6 Å². The van der Waals surface area contributed by atoms with Crippen molar-refractivity contribution in [2.24, 2.45) is 0 Å². The van der Waals surface area contributed by atoms with Gasteiger partial charge in [-0.25, -0.2) is 0 Å². The Labute approximate surface area is 66.6 Å². The largest absolute Gasteiger partial charge is 0.298 e. The number of terminal acetylenes is 1. The van der Waals surface area contributed by atoms with Crippen molar-refractivity contribution in [2.45, 2.75) is 30.4 Å². The molecule has 0 amide bonds. The minimum atomic E-state index is -0.477. The summed E-state index contributed by atoms with van der Waals surface area (Å²) in [6, 6.07) is 0. The van der Waals surface area contributed by atoms with Gasteiger partial charge in [0.1, 0.15) is 5.78 Å². The highest BCUT2D eigenvalue weighted by atomic mass is 32.1. The van der Waals surface area contributed by atoms with Crippen LogP contribution in [0.2, 0.25) is 0 Å². The van der Waals surface area contributed by atoms with Crippen LogP contribution < -0.4 is 0 Å². The first-order valence-corrected chi connectivity index (χ1v) is 3.83. The standard InChI is InChI=1S/C8H10OS/c1-2-5-8(10)6-3-4-7(8)9/h1,10H,3-6H2. The average molecular weight is 154 g/mol. The van der Waals surface area contributed by atoms with E-state index in [0.29, 0.717) is 12.8 Å². The predicted octanol–water partition coefficient (Wildman–Crippen LogP) is 1.43. The van der Waals surface area contributed by atoms with Crippen LogP contribution in [0.3, 0.4) is 0 Å². The highest BCUT2D eigenvalue weighted by Crippen LogP contribution is 2.34. The van der Waals surface area contributed by atoms with Crippen molar-refractivity contribution >= 4 is 18.4 Å². The van der Waals surface area contributed by atoms with Gasteiger partial charge in [-0.05, 0) is 12.8 Å². The normalized spacial score (nSPS) is 32.2. The molecule has 0 saturated heterocycles. The van der Waals surface area contributed by atoms with E-state index in [4.69, 9.17) is 6.42 Å². The van der Waals surface area contributed by atoms with Crippen LogP contribution in [-0.2, 0) is 4.79 Å². The van der Waals surface area contributed by atoms with Crippen LogP contribution in [0.5, 0.6) is 0 Å². The Morgan fingerprint density at radius 1 is 1.80 bits per heavy atom. The smallest absolute Gasteiger partial charge is 0.149 e. The molecule has 1 atom stereocenters. The lowest BCUT2D eigenvalue weighted by Crippen LogP contribution is -2.25. The van der Waals surface area contributed by atoms with E-state index in [1.807, 2.05) is 0 Å². The van der Waals surface area contributed by atoms with Crippen molar-refractivity contribution in [3.8, 4) is 12.3 Å². The third-order valence-corrected chi connectivity index (χ3v) is 2.54. The third kappa shape index (κ3) is 1.19. The number of carbonyl (C=O) groups is 1. The lowest BCUT2D eigenvalue weighted by molar-refractivity contribution is -0.119. The molecule has 0 aromatic rings. The van der Waals surface area contributed by atoms with Crippen LogP contribution in [0, 0.1) is 12.3 Å². The summed E-state index contributed by atoms with van der Waals surface area (Å²) >= 11 is 4.26.